The van der Waals surface area contributed by atoms with Crippen LogP contribution in [0.1, 0.15) is 46.1 Å². The number of amides is 4. The lowest BCUT2D eigenvalue weighted by Crippen LogP contribution is -2.59. The molecule has 1 saturated heterocycles. The fourth-order valence-electron chi connectivity index (χ4n) is 5.30. The van der Waals surface area contributed by atoms with Crippen molar-refractivity contribution in [2.24, 2.45) is 11.3 Å². The Balaban J connectivity index is 1.69. The Bertz CT molecular complexity index is 1220. The topological polar surface area (TPSA) is 123 Å². The Labute approximate surface area is 268 Å². The average Bonchev–Trinajstić information content (AvgIpc) is 3.01. The van der Waals surface area contributed by atoms with Crippen molar-refractivity contribution in [2.75, 3.05) is 46.4 Å². The summed E-state index contributed by atoms with van der Waals surface area (Å²) in [6.07, 6.45) is -0.890. The number of likely N-dealkylation sites (tertiary alicyclic amines) is 1. The van der Waals surface area contributed by atoms with Crippen molar-refractivity contribution in [3.05, 3.63) is 48.3 Å². The van der Waals surface area contributed by atoms with Crippen molar-refractivity contribution >= 4 is 23.6 Å². The van der Waals surface area contributed by atoms with Gasteiger partial charge in [-0.1, -0.05) is 51.1 Å². The lowest BCUT2D eigenvalue weighted by Gasteiger charge is -2.38. The smallest absolute Gasteiger partial charge is 0.374 e. The molecule has 0 aliphatic carbocycles. The zero-order valence-corrected chi connectivity index (χ0v) is 27.2. The van der Waals surface area contributed by atoms with Crippen LogP contribution in [-0.2, 0) is 30.5 Å². The molecule has 3 rings (SSSR count). The molecule has 11 nitrogen and oxygen atoms in total. The predicted molar refractivity (Wildman–Crippen MR) is 166 cm³/mol. The van der Waals surface area contributed by atoms with Crippen LogP contribution in [0.3, 0.4) is 0 Å². The van der Waals surface area contributed by atoms with Gasteiger partial charge in [-0.05, 0) is 44.3 Å². The Morgan fingerprint density at radius 1 is 1.04 bits per heavy atom. The number of hydrogen-bond donors (Lipinski definition) is 3. The van der Waals surface area contributed by atoms with Crippen molar-refractivity contribution in [2.45, 2.75) is 71.4 Å². The molecule has 1 aromatic rings. The van der Waals surface area contributed by atoms with Crippen molar-refractivity contribution < 1.29 is 37.1 Å². The molecule has 2 aliphatic heterocycles. The summed E-state index contributed by atoms with van der Waals surface area (Å²) in [4.78, 5) is 57.0. The number of likely N-dealkylation sites (N-methyl/N-ethyl adjacent to an activating group) is 1. The number of nitrogens with one attached hydrogen (secondary N) is 3. The highest BCUT2D eigenvalue weighted by Gasteiger charge is 2.42. The Morgan fingerprint density at radius 3 is 2.37 bits per heavy atom. The summed E-state index contributed by atoms with van der Waals surface area (Å²) in [6, 6.07) is 6.76. The first-order valence-electron chi connectivity index (χ1n) is 15.6. The van der Waals surface area contributed by atoms with Crippen LogP contribution in [0.15, 0.2) is 42.7 Å². The van der Waals surface area contributed by atoms with E-state index in [0.717, 1.165) is 5.56 Å². The van der Waals surface area contributed by atoms with Gasteiger partial charge in [-0.15, -0.1) is 0 Å². The van der Waals surface area contributed by atoms with E-state index in [4.69, 9.17) is 4.74 Å². The first-order chi connectivity index (χ1) is 21.6. The highest BCUT2D eigenvalue weighted by Crippen LogP contribution is 2.33. The van der Waals surface area contributed by atoms with Crippen LogP contribution in [0.2, 0.25) is 0 Å². The van der Waals surface area contributed by atoms with E-state index < -0.39 is 59.9 Å². The summed E-state index contributed by atoms with van der Waals surface area (Å²) in [5, 5.41) is 8.15. The molecule has 4 atom stereocenters. The number of carbonyl (C=O) groups is 4. The molecular weight excluding hydrogens is 605 g/mol. The van der Waals surface area contributed by atoms with Gasteiger partial charge in [0.15, 0.2) is 0 Å². The van der Waals surface area contributed by atoms with Crippen molar-refractivity contribution in [1.82, 2.24) is 30.7 Å². The van der Waals surface area contributed by atoms with E-state index in [1.807, 2.05) is 30.3 Å². The number of nitrogens with zero attached hydrogens (tertiary/aromatic N) is 3. The summed E-state index contributed by atoms with van der Waals surface area (Å²) in [6.45, 7) is 7.42. The molecule has 256 valence electrons. The number of piperidine rings is 1. The van der Waals surface area contributed by atoms with Crippen molar-refractivity contribution in [1.29, 1.82) is 0 Å². The lowest BCUT2D eigenvalue weighted by molar-refractivity contribution is -0.186. The summed E-state index contributed by atoms with van der Waals surface area (Å²) in [7, 11) is 1.63. The van der Waals surface area contributed by atoms with Gasteiger partial charge in [-0.3, -0.25) is 19.2 Å². The molecule has 0 spiro atoms. The summed E-state index contributed by atoms with van der Waals surface area (Å²) in [5.74, 6) is -3.34. The molecule has 0 aromatic heterocycles. The molecule has 3 N–H and O–H groups in total. The van der Waals surface area contributed by atoms with Gasteiger partial charge in [0.1, 0.15) is 12.1 Å². The fraction of sp³-hybridized carbons (Fsp3) is 0.625. The number of alkyl halides is 3. The zero-order valence-electron chi connectivity index (χ0n) is 27.2. The third kappa shape index (κ3) is 10.5. The standard InChI is InChI=1S/C32H47F3N6O5/c1-22(36-5)28(43)38-27(31(2,3)4)29(44)37-18-26(42)41-17-16-40(15-14-39-13-9-12-24(19-39)32(33,34)35)30(45)25(41)21-46-20-23-10-7-6-8-11-23/h6-8,10-11,16-17,22,24-25,27,36H,9,12-15,18-21H2,1-5H3,(H,37,44)(H,38,43)/t22-,24?,25-,27+/m0/s1. The Hall–Kier alpha value is -3.49. The zero-order chi connectivity index (χ0) is 34.1. The quantitative estimate of drug-likeness (QED) is 0.299. The van der Waals surface area contributed by atoms with Crippen molar-refractivity contribution in [3.8, 4) is 0 Å². The molecule has 0 radical (unpaired) electrons. The van der Waals surface area contributed by atoms with E-state index in [9.17, 15) is 32.3 Å². The number of ether oxygens (including phenoxy) is 1. The SMILES string of the molecule is CN[C@@H](C)C(=O)N[C@H](C(=O)NCC(=O)N1C=CN(CCN2CCCC(C(F)(F)F)C2)C(=O)[C@@H]1COCc1ccccc1)C(C)(C)C. The molecule has 4 amide bonds. The number of halogens is 3. The Kier molecular flexibility index (Phi) is 13.2. The minimum absolute atomic E-state index is 0.0922. The molecule has 2 heterocycles. The van der Waals surface area contributed by atoms with Gasteiger partial charge >= 0.3 is 6.18 Å². The van der Waals surface area contributed by atoms with Crippen LogP contribution in [0.25, 0.3) is 0 Å². The maximum absolute atomic E-state index is 13.6. The number of carbonyl (C=O) groups excluding carboxylic acids is 4. The molecule has 14 heteroatoms. The molecule has 1 unspecified atom stereocenters. The lowest BCUT2D eigenvalue weighted by atomic mass is 9.86. The molecular formula is C32H47F3N6O5. The fourth-order valence-corrected chi connectivity index (χ4v) is 5.30. The summed E-state index contributed by atoms with van der Waals surface area (Å²) < 4.78 is 45.7. The number of rotatable bonds is 13. The van der Waals surface area contributed by atoms with Crippen LogP contribution in [0.4, 0.5) is 13.2 Å². The molecule has 46 heavy (non-hydrogen) atoms. The largest absolute Gasteiger partial charge is 0.393 e. The van der Waals surface area contributed by atoms with Crippen LogP contribution in [0.5, 0.6) is 0 Å². The summed E-state index contributed by atoms with van der Waals surface area (Å²) >= 11 is 0. The van der Waals surface area contributed by atoms with Crippen LogP contribution in [-0.4, -0.2) is 109 Å². The van der Waals surface area contributed by atoms with E-state index in [0.29, 0.717) is 13.0 Å². The van der Waals surface area contributed by atoms with E-state index >= 15 is 0 Å². The third-order valence-electron chi connectivity index (χ3n) is 8.27. The van der Waals surface area contributed by atoms with Crippen molar-refractivity contribution in [3.63, 3.8) is 0 Å². The van der Waals surface area contributed by atoms with Crippen LogP contribution >= 0.6 is 0 Å². The molecule has 0 saturated carbocycles. The van der Waals surface area contributed by atoms with Gasteiger partial charge in [-0.2, -0.15) is 13.2 Å². The highest BCUT2D eigenvalue weighted by atomic mass is 19.4. The van der Waals surface area contributed by atoms with E-state index in [2.05, 4.69) is 16.0 Å². The minimum Gasteiger partial charge on any atom is -0.374 e. The second kappa shape index (κ2) is 16.4. The van der Waals surface area contributed by atoms with Gasteiger partial charge in [0.05, 0.1) is 31.7 Å². The molecule has 0 bridgehead atoms. The highest BCUT2D eigenvalue weighted by molar-refractivity contribution is 5.94. The van der Waals surface area contributed by atoms with Gasteiger partial charge in [0, 0.05) is 32.0 Å². The summed E-state index contributed by atoms with van der Waals surface area (Å²) in [5.41, 5.74) is 0.204. The predicted octanol–water partition coefficient (Wildman–Crippen LogP) is 2.24. The van der Waals surface area contributed by atoms with Gasteiger partial charge in [0.2, 0.25) is 17.7 Å². The van der Waals surface area contributed by atoms with Crippen LogP contribution in [0, 0.1) is 11.3 Å². The molecule has 1 fully saturated rings. The van der Waals surface area contributed by atoms with Gasteiger partial charge < -0.3 is 35.4 Å². The minimum atomic E-state index is -4.26. The second-order valence-corrected chi connectivity index (χ2v) is 12.9. The maximum atomic E-state index is 13.6. The third-order valence-corrected chi connectivity index (χ3v) is 8.27. The monoisotopic (exact) mass is 652 g/mol. The van der Waals surface area contributed by atoms with Crippen LogP contribution < -0.4 is 16.0 Å². The van der Waals surface area contributed by atoms with E-state index in [1.165, 1.54) is 22.2 Å². The van der Waals surface area contributed by atoms with E-state index in [1.54, 1.807) is 39.6 Å². The normalized spacial score (nSPS) is 20.7. The first kappa shape index (κ1) is 37.0. The Morgan fingerprint density at radius 2 is 1.74 bits per heavy atom. The van der Waals surface area contributed by atoms with Gasteiger partial charge in [0.25, 0.3) is 5.91 Å². The number of hydrogen-bond acceptors (Lipinski definition) is 7. The molecule has 1 aromatic carbocycles. The van der Waals surface area contributed by atoms with Gasteiger partial charge in [-0.25, -0.2) is 0 Å². The average molecular weight is 653 g/mol. The maximum Gasteiger partial charge on any atom is 0.393 e. The second-order valence-electron chi connectivity index (χ2n) is 12.9. The van der Waals surface area contributed by atoms with E-state index in [-0.39, 0.29) is 45.2 Å². The first-order valence-corrected chi connectivity index (χ1v) is 15.6. The molecule has 2 aliphatic rings. The number of benzene rings is 1.